The fourth-order valence-electron chi connectivity index (χ4n) is 4.86. The van der Waals surface area contributed by atoms with Gasteiger partial charge in [-0.05, 0) is 72.0 Å². The van der Waals surface area contributed by atoms with Gasteiger partial charge in [-0.25, -0.2) is 4.79 Å². The van der Waals surface area contributed by atoms with Crippen molar-refractivity contribution in [2.24, 2.45) is 5.92 Å². The van der Waals surface area contributed by atoms with Gasteiger partial charge >= 0.3 is 12.1 Å². The van der Waals surface area contributed by atoms with Gasteiger partial charge in [-0.2, -0.15) is 18.3 Å². The Balaban J connectivity index is 1.40. The van der Waals surface area contributed by atoms with Gasteiger partial charge in [0.05, 0.1) is 28.7 Å². The van der Waals surface area contributed by atoms with Crippen LogP contribution >= 0.6 is 23.4 Å². The molecular formula is C26H21ClF3N3O5S. The summed E-state index contributed by atoms with van der Waals surface area (Å²) < 4.78 is 47.3. The molecule has 1 N–H and O–H groups in total. The van der Waals surface area contributed by atoms with E-state index in [1.54, 1.807) is 18.2 Å². The Morgan fingerprint density at radius 3 is 2.64 bits per heavy atom. The molecule has 3 aromatic rings. The number of imide groups is 1. The van der Waals surface area contributed by atoms with Crippen molar-refractivity contribution in [2.75, 3.05) is 13.2 Å². The molecule has 2 saturated heterocycles. The number of thioether (sulfide) groups is 1. The highest BCUT2D eigenvalue weighted by atomic mass is 35.5. The number of aromatic nitrogens is 2. The van der Waals surface area contributed by atoms with E-state index in [1.807, 2.05) is 0 Å². The van der Waals surface area contributed by atoms with Gasteiger partial charge < -0.3 is 9.84 Å². The second-order valence-corrected chi connectivity index (χ2v) is 10.6. The van der Waals surface area contributed by atoms with Crippen LogP contribution < -0.4 is 0 Å². The van der Waals surface area contributed by atoms with E-state index in [1.165, 1.54) is 29.1 Å². The number of hydrogen-bond acceptors (Lipinski definition) is 6. The molecule has 2 fully saturated rings. The first kappa shape index (κ1) is 27.2. The molecule has 204 valence electrons. The Morgan fingerprint density at radius 1 is 1.21 bits per heavy atom. The molecule has 2 amide bonds. The molecule has 2 aliphatic rings. The molecule has 0 bridgehead atoms. The van der Waals surface area contributed by atoms with Gasteiger partial charge in [0.2, 0.25) is 0 Å². The number of nitrogens with zero attached hydrogens (tertiary/aromatic N) is 3. The molecule has 1 unspecified atom stereocenters. The van der Waals surface area contributed by atoms with Gasteiger partial charge in [0.1, 0.15) is 6.04 Å². The molecule has 0 radical (unpaired) electrons. The van der Waals surface area contributed by atoms with Crippen LogP contribution in [0, 0.1) is 5.92 Å². The summed E-state index contributed by atoms with van der Waals surface area (Å²) in [6, 6.07) is 7.30. The van der Waals surface area contributed by atoms with Crippen molar-refractivity contribution in [3.05, 3.63) is 69.2 Å². The number of carbonyl (C=O) groups excluding carboxylic acids is 2. The number of halogens is 4. The number of amides is 2. The predicted octanol–water partition coefficient (Wildman–Crippen LogP) is 5.67. The lowest BCUT2D eigenvalue weighted by atomic mass is 9.90. The minimum absolute atomic E-state index is 0.00663. The Hall–Kier alpha value is -3.35. The summed E-state index contributed by atoms with van der Waals surface area (Å²) in [6.45, 7) is 0.587. The van der Waals surface area contributed by atoms with Crippen molar-refractivity contribution >= 4 is 57.5 Å². The third-order valence-corrected chi connectivity index (χ3v) is 7.85. The Labute approximate surface area is 229 Å². The molecule has 1 atom stereocenters. The van der Waals surface area contributed by atoms with Gasteiger partial charge in [-0.15, -0.1) is 0 Å². The van der Waals surface area contributed by atoms with Crippen molar-refractivity contribution < 1.29 is 37.4 Å². The van der Waals surface area contributed by atoms with E-state index >= 15 is 0 Å². The zero-order valence-corrected chi connectivity index (χ0v) is 21.7. The second kappa shape index (κ2) is 10.7. The Bertz CT molecular complexity index is 1500. The van der Waals surface area contributed by atoms with Crippen LogP contribution in [0.15, 0.2) is 47.5 Å². The molecule has 5 rings (SSSR count). The van der Waals surface area contributed by atoms with Crippen molar-refractivity contribution in [3.63, 3.8) is 0 Å². The van der Waals surface area contributed by atoms with Crippen LogP contribution in [0.5, 0.6) is 0 Å². The van der Waals surface area contributed by atoms with E-state index in [4.69, 9.17) is 16.3 Å². The lowest BCUT2D eigenvalue weighted by Crippen LogP contribution is -2.49. The predicted molar refractivity (Wildman–Crippen MR) is 138 cm³/mol. The second-order valence-electron chi connectivity index (χ2n) is 9.20. The maximum atomic E-state index is 13.5. The number of aliphatic carboxylic acids is 1. The molecular weight excluding hydrogens is 559 g/mol. The van der Waals surface area contributed by atoms with E-state index in [0.717, 1.165) is 11.0 Å². The van der Waals surface area contributed by atoms with Gasteiger partial charge in [0, 0.05) is 23.6 Å². The lowest BCUT2D eigenvalue weighted by molar-refractivity contribution is -0.149. The SMILES string of the molecule is O=C(O)C(C1CCOCC1)N1C(=O)SC(=Cc2ccc3c(cnn3Cc3ccc(Cl)cc3C(F)(F)F)c2)C1=O. The largest absolute Gasteiger partial charge is 0.480 e. The van der Waals surface area contributed by atoms with E-state index < -0.39 is 40.8 Å². The molecule has 0 aliphatic carbocycles. The zero-order valence-electron chi connectivity index (χ0n) is 20.2. The fourth-order valence-corrected chi connectivity index (χ4v) is 5.89. The average molecular weight is 580 g/mol. The summed E-state index contributed by atoms with van der Waals surface area (Å²) in [5.74, 6) is -2.32. The molecule has 3 heterocycles. The number of hydrogen-bond donors (Lipinski definition) is 1. The summed E-state index contributed by atoms with van der Waals surface area (Å²) in [6.07, 6.45) is -0.736. The highest BCUT2D eigenvalue weighted by molar-refractivity contribution is 8.18. The summed E-state index contributed by atoms with van der Waals surface area (Å²) in [4.78, 5) is 38.8. The monoisotopic (exact) mass is 579 g/mol. The van der Waals surface area contributed by atoms with Crippen LogP contribution in [-0.2, 0) is 27.0 Å². The van der Waals surface area contributed by atoms with Crippen LogP contribution in [0.1, 0.15) is 29.5 Å². The van der Waals surface area contributed by atoms with Crippen LogP contribution in [0.25, 0.3) is 17.0 Å². The number of fused-ring (bicyclic) bond motifs is 1. The van der Waals surface area contributed by atoms with E-state index in [2.05, 4.69) is 5.10 Å². The first-order valence-electron chi connectivity index (χ1n) is 11.9. The van der Waals surface area contributed by atoms with Gasteiger partial charge in [0.15, 0.2) is 0 Å². The third kappa shape index (κ3) is 5.54. The molecule has 1 aromatic heterocycles. The molecule has 8 nitrogen and oxygen atoms in total. The maximum Gasteiger partial charge on any atom is 0.416 e. The quantitative estimate of drug-likeness (QED) is 0.375. The summed E-state index contributed by atoms with van der Waals surface area (Å²) in [5, 5.41) is 14.0. The highest BCUT2D eigenvalue weighted by Crippen LogP contribution is 2.38. The normalized spacial score (nSPS) is 18.9. The average Bonchev–Trinajstić information content (AvgIpc) is 3.40. The van der Waals surface area contributed by atoms with Crippen LogP contribution in [0.4, 0.5) is 18.0 Å². The van der Waals surface area contributed by atoms with Gasteiger partial charge in [-0.1, -0.05) is 23.7 Å². The van der Waals surface area contributed by atoms with Crippen molar-refractivity contribution in [2.45, 2.75) is 31.6 Å². The highest BCUT2D eigenvalue weighted by Gasteiger charge is 2.46. The molecule has 2 aromatic carbocycles. The minimum Gasteiger partial charge on any atom is -0.480 e. The van der Waals surface area contributed by atoms with Crippen molar-refractivity contribution in [1.82, 2.24) is 14.7 Å². The minimum atomic E-state index is -4.58. The van der Waals surface area contributed by atoms with Crippen LogP contribution in [-0.4, -0.2) is 56.2 Å². The molecule has 0 spiro atoms. The molecule has 13 heteroatoms. The third-order valence-electron chi connectivity index (χ3n) is 6.73. The van der Waals surface area contributed by atoms with Crippen molar-refractivity contribution in [3.8, 4) is 0 Å². The number of rotatable bonds is 6. The number of carboxylic acids is 1. The van der Waals surface area contributed by atoms with Crippen LogP contribution in [0.3, 0.4) is 0 Å². The van der Waals surface area contributed by atoms with E-state index in [9.17, 15) is 32.7 Å². The first-order chi connectivity index (χ1) is 18.5. The lowest BCUT2D eigenvalue weighted by Gasteiger charge is -2.31. The molecule has 2 aliphatic heterocycles. The number of benzene rings is 2. The zero-order chi connectivity index (χ0) is 27.9. The van der Waals surface area contributed by atoms with Gasteiger partial charge in [-0.3, -0.25) is 19.2 Å². The van der Waals surface area contributed by atoms with Gasteiger partial charge in [0.25, 0.3) is 11.1 Å². The number of carboxylic acid groups (broad SMARTS) is 1. The molecule has 0 saturated carbocycles. The summed E-state index contributed by atoms with van der Waals surface area (Å²) in [7, 11) is 0. The first-order valence-corrected chi connectivity index (χ1v) is 13.1. The van der Waals surface area contributed by atoms with E-state index in [-0.39, 0.29) is 22.0 Å². The smallest absolute Gasteiger partial charge is 0.416 e. The number of carbonyl (C=O) groups is 3. The maximum absolute atomic E-state index is 13.5. The Kier molecular flexibility index (Phi) is 7.45. The number of alkyl halides is 3. The van der Waals surface area contributed by atoms with E-state index in [0.29, 0.717) is 54.3 Å². The number of ether oxygens (including phenoxy) is 1. The van der Waals surface area contributed by atoms with Crippen LogP contribution in [0.2, 0.25) is 5.02 Å². The summed E-state index contributed by atoms with van der Waals surface area (Å²) in [5.41, 5.74) is 0.278. The van der Waals surface area contributed by atoms with Crippen molar-refractivity contribution in [1.29, 1.82) is 0 Å². The molecule has 39 heavy (non-hydrogen) atoms. The standard InChI is InChI=1S/C26H21ClF3N3O5S/c27-18-3-2-16(19(11-18)26(28,29)30)13-32-20-4-1-14(9-17(20)12-31-32)10-21-23(34)33(25(37)39-21)22(24(35)36)15-5-7-38-8-6-15/h1-4,9-12,15,22H,5-8,13H2,(H,35,36). The Morgan fingerprint density at radius 2 is 1.95 bits per heavy atom. The summed E-state index contributed by atoms with van der Waals surface area (Å²) >= 11 is 6.45. The topological polar surface area (TPSA) is 102 Å². The fraction of sp³-hybridized carbons (Fsp3) is 0.308.